The third kappa shape index (κ3) is 2.27. The zero-order valence-corrected chi connectivity index (χ0v) is 10.3. The molecule has 0 aliphatic rings. The van der Waals surface area contributed by atoms with E-state index in [2.05, 4.69) is 0 Å². The molecule has 0 aliphatic carbocycles. The molecule has 0 atom stereocenters. The third-order valence-electron chi connectivity index (χ3n) is 2.63. The molecule has 1 nitrogen and oxygen atoms in total. The van der Waals surface area contributed by atoms with E-state index in [0.717, 1.165) is 12.1 Å². The summed E-state index contributed by atoms with van der Waals surface area (Å²) in [5, 5.41) is 0.0173. The minimum atomic E-state index is -0.712. The SMILES string of the molecule is Cc1ccc(F)cc1C(=O)c1c(F)cccc1Cl. The standard InChI is InChI=1S/C14H9ClF2O/c1-8-5-6-9(16)7-10(8)14(18)13-11(15)3-2-4-12(13)17/h2-7H,1H3. The molecule has 2 rings (SSSR count). The summed E-state index contributed by atoms with van der Waals surface area (Å²) in [5.41, 5.74) is 0.454. The second-order valence-electron chi connectivity index (χ2n) is 3.89. The first kappa shape index (κ1) is 12.7. The minimum absolute atomic E-state index is 0.0173. The number of ketones is 1. The summed E-state index contributed by atoms with van der Waals surface area (Å²) in [7, 11) is 0. The number of carbonyl (C=O) groups excluding carboxylic acids is 1. The van der Waals surface area contributed by atoms with Crippen LogP contribution in [-0.2, 0) is 0 Å². The van der Waals surface area contributed by atoms with Gasteiger partial charge in [0.1, 0.15) is 11.6 Å². The Balaban J connectivity index is 2.58. The number of carbonyl (C=O) groups is 1. The van der Waals surface area contributed by atoms with Crippen LogP contribution in [0.3, 0.4) is 0 Å². The molecule has 18 heavy (non-hydrogen) atoms. The highest BCUT2D eigenvalue weighted by atomic mass is 35.5. The molecule has 0 aromatic heterocycles. The first-order valence-corrected chi connectivity index (χ1v) is 5.63. The number of rotatable bonds is 2. The molecule has 0 amide bonds. The van der Waals surface area contributed by atoms with Crippen LogP contribution in [0.15, 0.2) is 36.4 Å². The highest BCUT2D eigenvalue weighted by Gasteiger charge is 2.19. The van der Waals surface area contributed by atoms with Gasteiger partial charge in [-0.1, -0.05) is 23.7 Å². The molecular formula is C14H9ClF2O. The van der Waals surface area contributed by atoms with Crippen LogP contribution in [0.1, 0.15) is 21.5 Å². The van der Waals surface area contributed by atoms with Gasteiger partial charge >= 0.3 is 0 Å². The third-order valence-corrected chi connectivity index (χ3v) is 2.95. The Kier molecular flexibility index (Phi) is 3.43. The molecule has 0 bridgehead atoms. The van der Waals surface area contributed by atoms with Gasteiger partial charge < -0.3 is 0 Å². The smallest absolute Gasteiger partial charge is 0.197 e. The van der Waals surface area contributed by atoms with Gasteiger partial charge in [-0.3, -0.25) is 4.79 Å². The Labute approximate surface area is 108 Å². The van der Waals surface area contributed by atoms with E-state index in [1.165, 1.54) is 24.3 Å². The van der Waals surface area contributed by atoms with Crippen LogP contribution in [-0.4, -0.2) is 5.78 Å². The van der Waals surface area contributed by atoms with Crippen molar-refractivity contribution in [3.63, 3.8) is 0 Å². The summed E-state index contributed by atoms with van der Waals surface area (Å²) in [6.45, 7) is 1.65. The van der Waals surface area contributed by atoms with Crippen molar-refractivity contribution in [1.29, 1.82) is 0 Å². The summed E-state index contributed by atoms with van der Waals surface area (Å²) in [6.07, 6.45) is 0. The van der Waals surface area contributed by atoms with Gasteiger partial charge in [-0.15, -0.1) is 0 Å². The topological polar surface area (TPSA) is 17.1 Å². The van der Waals surface area contributed by atoms with Crippen molar-refractivity contribution < 1.29 is 13.6 Å². The number of benzene rings is 2. The molecule has 4 heteroatoms. The minimum Gasteiger partial charge on any atom is -0.288 e. The number of halogens is 3. The molecule has 0 fully saturated rings. The molecule has 92 valence electrons. The maximum Gasteiger partial charge on any atom is 0.197 e. The molecule has 0 spiro atoms. The van der Waals surface area contributed by atoms with Gasteiger partial charge in [0.25, 0.3) is 0 Å². The molecule has 2 aromatic carbocycles. The monoisotopic (exact) mass is 266 g/mol. The van der Waals surface area contributed by atoms with E-state index in [4.69, 9.17) is 11.6 Å². The zero-order valence-electron chi connectivity index (χ0n) is 9.51. The fourth-order valence-electron chi connectivity index (χ4n) is 1.69. The molecule has 0 unspecified atom stereocenters. The Morgan fingerprint density at radius 1 is 1.17 bits per heavy atom. The van der Waals surface area contributed by atoms with Crippen molar-refractivity contribution in [2.24, 2.45) is 0 Å². The summed E-state index contributed by atoms with van der Waals surface area (Å²) < 4.78 is 26.8. The Hall–Kier alpha value is -1.74. The maximum absolute atomic E-state index is 13.6. The highest BCUT2D eigenvalue weighted by Crippen LogP contribution is 2.24. The van der Waals surface area contributed by atoms with Gasteiger partial charge in [-0.05, 0) is 36.8 Å². The van der Waals surface area contributed by atoms with Gasteiger partial charge in [-0.2, -0.15) is 0 Å². The van der Waals surface area contributed by atoms with E-state index >= 15 is 0 Å². The van der Waals surface area contributed by atoms with Crippen LogP contribution in [0.2, 0.25) is 5.02 Å². The molecule has 0 saturated heterocycles. The summed E-state index contributed by atoms with van der Waals surface area (Å²) in [4.78, 5) is 12.2. The second-order valence-corrected chi connectivity index (χ2v) is 4.29. The van der Waals surface area contributed by atoms with E-state index in [1.807, 2.05) is 0 Å². The van der Waals surface area contributed by atoms with Gasteiger partial charge in [0.2, 0.25) is 0 Å². The van der Waals surface area contributed by atoms with Crippen LogP contribution >= 0.6 is 11.6 Å². The predicted molar refractivity (Wildman–Crippen MR) is 66.0 cm³/mol. The van der Waals surface area contributed by atoms with Crippen molar-refractivity contribution in [2.75, 3.05) is 0 Å². The predicted octanol–water partition coefficient (Wildman–Crippen LogP) is 4.16. The van der Waals surface area contributed by atoms with Crippen LogP contribution < -0.4 is 0 Å². The summed E-state index contributed by atoms with van der Waals surface area (Å²) in [5.74, 6) is -1.87. The van der Waals surface area contributed by atoms with Crippen LogP contribution in [0, 0.1) is 18.6 Å². The number of hydrogen-bond acceptors (Lipinski definition) is 1. The largest absolute Gasteiger partial charge is 0.288 e. The van der Waals surface area contributed by atoms with Crippen LogP contribution in [0.25, 0.3) is 0 Å². The molecule has 0 saturated carbocycles. The summed E-state index contributed by atoms with van der Waals surface area (Å²) >= 11 is 5.81. The fourth-order valence-corrected chi connectivity index (χ4v) is 1.94. The molecule has 0 heterocycles. The van der Waals surface area contributed by atoms with E-state index in [0.29, 0.717) is 5.56 Å². The lowest BCUT2D eigenvalue weighted by atomic mass is 9.98. The molecular weight excluding hydrogens is 258 g/mol. The molecule has 0 aliphatic heterocycles. The van der Waals surface area contributed by atoms with E-state index in [-0.39, 0.29) is 16.1 Å². The quantitative estimate of drug-likeness (QED) is 0.746. The molecule has 2 aromatic rings. The van der Waals surface area contributed by atoms with Crippen molar-refractivity contribution in [3.05, 3.63) is 69.7 Å². The molecule has 0 radical (unpaired) electrons. The van der Waals surface area contributed by atoms with Crippen molar-refractivity contribution in [1.82, 2.24) is 0 Å². The van der Waals surface area contributed by atoms with Crippen molar-refractivity contribution in [3.8, 4) is 0 Å². The van der Waals surface area contributed by atoms with Crippen LogP contribution in [0.5, 0.6) is 0 Å². The van der Waals surface area contributed by atoms with Crippen molar-refractivity contribution >= 4 is 17.4 Å². The lowest BCUT2D eigenvalue weighted by Crippen LogP contribution is -2.07. The summed E-state index contributed by atoms with van der Waals surface area (Å²) in [6, 6.07) is 7.78. The maximum atomic E-state index is 13.6. The second kappa shape index (κ2) is 4.86. The lowest BCUT2D eigenvalue weighted by Gasteiger charge is -2.07. The average Bonchev–Trinajstić information content (AvgIpc) is 2.32. The fraction of sp³-hybridized carbons (Fsp3) is 0.0714. The van der Waals surface area contributed by atoms with Gasteiger partial charge in [0.05, 0.1) is 10.6 Å². The number of aryl methyl sites for hydroxylation is 1. The van der Waals surface area contributed by atoms with Gasteiger partial charge in [0.15, 0.2) is 5.78 Å². The highest BCUT2D eigenvalue weighted by molar-refractivity contribution is 6.35. The Morgan fingerprint density at radius 3 is 2.56 bits per heavy atom. The van der Waals surface area contributed by atoms with E-state index < -0.39 is 17.4 Å². The molecule has 0 N–H and O–H groups in total. The van der Waals surface area contributed by atoms with Gasteiger partial charge in [0, 0.05) is 5.56 Å². The first-order chi connectivity index (χ1) is 8.50. The average molecular weight is 267 g/mol. The van der Waals surface area contributed by atoms with Crippen molar-refractivity contribution in [2.45, 2.75) is 6.92 Å². The van der Waals surface area contributed by atoms with E-state index in [9.17, 15) is 13.6 Å². The first-order valence-electron chi connectivity index (χ1n) is 5.25. The van der Waals surface area contributed by atoms with Crippen LogP contribution in [0.4, 0.5) is 8.78 Å². The van der Waals surface area contributed by atoms with E-state index in [1.54, 1.807) is 6.92 Å². The zero-order chi connectivity index (χ0) is 13.3. The normalized spacial score (nSPS) is 10.4. The lowest BCUT2D eigenvalue weighted by molar-refractivity contribution is 0.103. The Bertz CT molecular complexity index is 603. The van der Waals surface area contributed by atoms with Gasteiger partial charge in [-0.25, -0.2) is 8.78 Å². The number of hydrogen-bond donors (Lipinski definition) is 0. The Morgan fingerprint density at radius 2 is 1.89 bits per heavy atom.